The van der Waals surface area contributed by atoms with Crippen LogP contribution in [0.1, 0.15) is 10.4 Å². The lowest BCUT2D eigenvalue weighted by Gasteiger charge is -2.28. The van der Waals surface area contributed by atoms with Crippen molar-refractivity contribution in [1.29, 1.82) is 0 Å². The maximum Gasteiger partial charge on any atom is 0.338 e. The number of fused-ring (bicyclic) bond motifs is 1. The Kier molecular flexibility index (Phi) is 8.07. The molecule has 0 fully saturated rings. The Morgan fingerprint density at radius 2 is 1.81 bits per heavy atom. The van der Waals surface area contributed by atoms with E-state index < -0.39 is 37.0 Å². The molecule has 0 spiro atoms. The number of nitrogens with zero attached hydrogens (tertiary/aromatic N) is 1. The molecule has 0 aliphatic carbocycles. The molecule has 0 amide bonds. The van der Waals surface area contributed by atoms with Crippen molar-refractivity contribution in [2.24, 2.45) is 0 Å². The number of benzene rings is 2. The van der Waals surface area contributed by atoms with Crippen LogP contribution in [-0.2, 0) is 4.74 Å². The second-order valence-electron chi connectivity index (χ2n) is 7.09. The van der Waals surface area contributed by atoms with Gasteiger partial charge in [0.15, 0.2) is 5.58 Å². The van der Waals surface area contributed by atoms with Gasteiger partial charge in [0.1, 0.15) is 29.9 Å². The summed E-state index contributed by atoms with van der Waals surface area (Å²) in [5.74, 6) is -0.528. The Hall–Kier alpha value is -2.24. The van der Waals surface area contributed by atoms with Crippen LogP contribution >= 0.6 is 23.2 Å². The first-order chi connectivity index (χ1) is 15.2. The average Bonchev–Trinajstić information content (AvgIpc) is 3.20. The van der Waals surface area contributed by atoms with Gasteiger partial charge >= 0.3 is 5.97 Å². The van der Waals surface area contributed by atoms with E-state index in [1.165, 1.54) is 12.1 Å². The highest BCUT2D eigenvalue weighted by atomic mass is 35.5. The number of carbonyl (C=O) groups excluding carboxylic acids is 1. The number of likely N-dealkylation sites (N-methyl/N-ethyl adjacent to an activating group) is 1. The summed E-state index contributed by atoms with van der Waals surface area (Å²) in [5.41, 5.74) is 1.49. The predicted octanol–water partition coefficient (Wildman–Crippen LogP) is 1.62. The molecule has 0 radical (unpaired) electrons. The van der Waals surface area contributed by atoms with Crippen molar-refractivity contribution in [2.45, 2.75) is 24.4 Å². The number of hydrogen-bond acceptors (Lipinski definition) is 9. The quantitative estimate of drug-likeness (QED) is 0.286. The summed E-state index contributed by atoms with van der Waals surface area (Å²) in [6, 6.07) is 9.34. The van der Waals surface area contributed by atoms with Crippen LogP contribution in [0.3, 0.4) is 0 Å². The Morgan fingerprint density at radius 1 is 1.12 bits per heavy atom. The molecule has 172 valence electrons. The maximum absolute atomic E-state index is 12.7. The molecule has 9 nitrogen and oxygen atoms in total. The highest BCUT2D eigenvalue weighted by molar-refractivity contribution is 6.35. The minimum atomic E-state index is -1.71. The number of aliphatic hydroxyl groups is 4. The number of rotatable bonds is 9. The van der Waals surface area contributed by atoms with Crippen molar-refractivity contribution in [3.63, 3.8) is 0 Å². The zero-order valence-electron chi connectivity index (χ0n) is 16.9. The first kappa shape index (κ1) is 24.4. The number of oxazole rings is 1. The second kappa shape index (κ2) is 10.6. The zero-order valence-corrected chi connectivity index (χ0v) is 18.4. The molecule has 0 saturated heterocycles. The molecule has 3 aromatic rings. The smallest absolute Gasteiger partial charge is 0.338 e. The topological polar surface area (TPSA) is 145 Å². The molecule has 0 unspecified atom stereocenters. The highest BCUT2D eigenvalue weighted by Gasteiger charge is 2.33. The van der Waals surface area contributed by atoms with Gasteiger partial charge in [-0.25, -0.2) is 9.78 Å². The first-order valence-corrected chi connectivity index (χ1v) is 10.4. The summed E-state index contributed by atoms with van der Waals surface area (Å²) in [7, 11) is 1.56. The summed E-state index contributed by atoms with van der Waals surface area (Å²) in [6.07, 6.45) is -6.14. The molecule has 0 aliphatic heterocycles. The summed E-state index contributed by atoms with van der Waals surface area (Å²) in [6.45, 7) is -0.771. The Morgan fingerprint density at radius 3 is 2.44 bits per heavy atom. The number of aromatic nitrogens is 1. The van der Waals surface area contributed by atoms with E-state index in [0.29, 0.717) is 26.7 Å². The van der Waals surface area contributed by atoms with Gasteiger partial charge in [-0.3, -0.25) is 0 Å². The van der Waals surface area contributed by atoms with Crippen molar-refractivity contribution >= 4 is 40.3 Å². The van der Waals surface area contributed by atoms with Crippen molar-refractivity contribution in [3.05, 3.63) is 52.0 Å². The number of aliphatic hydroxyl groups excluding tert-OH is 4. The molecule has 32 heavy (non-hydrogen) atoms. The van der Waals surface area contributed by atoms with Gasteiger partial charge in [-0.15, -0.1) is 0 Å². The Bertz CT molecular complexity index is 1070. The van der Waals surface area contributed by atoms with Gasteiger partial charge in [0.25, 0.3) is 0 Å². The highest BCUT2D eigenvalue weighted by Crippen LogP contribution is 2.29. The molecule has 0 bridgehead atoms. The molecule has 2 aromatic carbocycles. The van der Waals surface area contributed by atoms with Crippen molar-refractivity contribution < 1.29 is 34.4 Å². The van der Waals surface area contributed by atoms with Crippen LogP contribution < -0.4 is 5.32 Å². The number of esters is 1. The van der Waals surface area contributed by atoms with Crippen molar-refractivity contribution in [3.8, 4) is 11.5 Å². The van der Waals surface area contributed by atoms with Gasteiger partial charge in [-0.1, -0.05) is 23.2 Å². The summed E-state index contributed by atoms with van der Waals surface area (Å²) in [4.78, 5) is 17.0. The predicted molar refractivity (Wildman–Crippen MR) is 118 cm³/mol. The standard InChI is InChI=1S/C21H22Cl2N2O7/c1-24-8-17(19(29)18(28)15(27)9-26)32-21(30)10-2-3-14-16(6-10)31-20(25-14)11-4-12(22)7-13(23)5-11/h2-7,15,17-19,24,26-29H,8-9H2,1H3/t15-,17+,18-,19-/m1/s1. The van der Waals surface area contributed by atoms with E-state index >= 15 is 0 Å². The van der Waals surface area contributed by atoms with Gasteiger partial charge in [0.2, 0.25) is 5.89 Å². The lowest BCUT2D eigenvalue weighted by Crippen LogP contribution is -2.50. The molecule has 0 saturated carbocycles. The van der Waals surface area contributed by atoms with Crippen LogP contribution in [0.4, 0.5) is 0 Å². The maximum atomic E-state index is 12.7. The normalized spacial score (nSPS) is 15.3. The fourth-order valence-corrected chi connectivity index (χ4v) is 3.57. The Labute approximate surface area is 193 Å². The summed E-state index contributed by atoms with van der Waals surface area (Å²) >= 11 is 12.1. The van der Waals surface area contributed by atoms with Gasteiger partial charge in [-0.05, 0) is 43.4 Å². The second-order valence-corrected chi connectivity index (χ2v) is 7.97. The third-order valence-electron chi connectivity index (χ3n) is 4.71. The lowest BCUT2D eigenvalue weighted by atomic mass is 10.0. The number of carbonyl (C=O) groups is 1. The molecule has 1 heterocycles. The van der Waals surface area contributed by atoms with Crippen LogP contribution in [0.25, 0.3) is 22.6 Å². The Balaban J connectivity index is 1.82. The van der Waals surface area contributed by atoms with E-state index in [0.717, 1.165) is 0 Å². The van der Waals surface area contributed by atoms with E-state index in [1.54, 1.807) is 31.3 Å². The van der Waals surface area contributed by atoms with Gasteiger partial charge < -0.3 is 34.9 Å². The van der Waals surface area contributed by atoms with Gasteiger partial charge in [0.05, 0.1) is 12.2 Å². The number of halogens is 2. The van der Waals surface area contributed by atoms with Crippen molar-refractivity contribution in [1.82, 2.24) is 10.3 Å². The lowest BCUT2D eigenvalue weighted by molar-refractivity contribution is -0.116. The van der Waals surface area contributed by atoms with Gasteiger partial charge in [0, 0.05) is 22.2 Å². The fourth-order valence-electron chi connectivity index (χ4n) is 3.05. The molecule has 1 aromatic heterocycles. The largest absolute Gasteiger partial charge is 0.455 e. The molecule has 5 N–H and O–H groups in total. The average molecular weight is 485 g/mol. The minimum absolute atomic E-state index is 0.00760. The SMILES string of the molecule is CNC[C@H](OC(=O)c1ccc2nc(-c3cc(Cl)cc(Cl)c3)oc2c1)[C@@H](O)[C@H](O)[C@H](O)CO. The molecule has 0 aliphatic rings. The van der Waals surface area contributed by atoms with E-state index in [4.69, 9.17) is 37.5 Å². The number of nitrogens with one attached hydrogen (secondary N) is 1. The monoisotopic (exact) mass is 484 g/mol. The first-order valence-electron chi connectivity index (χ1n) is 9.61. The number of hydrogen-bond donors (Lipinski definition) is 5. The van der Waals surface area contributed by atoms with Crippen LogP contribution in [0.2, 0.25) is 10.0 Å². The zero-order chi connectivity index (χ0) is 23.4. The third kappa shape index (κ3) is 5.57. The van der Waals surface area contributed by atoms with Crippen LogP contribution in [0.15, 0.2) is 40.8 Å². The molecule has 3 rings (SSSR count). The summed E-state index contributed by atoms with van der Waals surface area (Å²) in [5, 5.41) is 42.3. The van der Waals surface area contributed by atoms with Crippen LogP contribution in [0, 0.1) is 0 Å². The van der Waals surface area contributed by atoms with E-state index in [1.807, 2.05) is 0 Å². The van der Waals surface area contributed by atoms with Gasteiger partial charge in [-0.2, -0.15) is 0 Å². The molecular weight excluding hydrogens is 463 g/mol. The summed E-state index contributed by atoms with van der Waals surface area (Å²) < 4.78 is 11.1. The minimum Gasteiger partial charge on any atom is -0.455 e. The van der Waals surface area contributed by atoms with E-state index in [-0.39, 0.29) is 18.0 Å². The van der Waals surface area contributed by atoms with E-state index in [2.05, 4.69) is 10.3 Å². The number of ether oxygens (including phenoxy) is 1. The molecular formula is C21H22Cl2N2O7. The van der Waals surface area contributed by atoms with Crippen LogP contribution in [-0.4, -0.2) is 76.0 Å². The fraction of sp³-hybridized carbons (Fsp3) is 0.333. The van der Waals surface area contributed by atoms with Crippen molar-refractivity contribution in [2.75, 3.05) is 20.2 Å². The van der Waals surface area contributed by atoms with E-state index in [9.17, 15) is 20.1 Å². The third-order valence-corrected chi connectivity index (χ3v) is 5.15. The van der Waals surface area contributed by atoms with Crippen LogP contribution in [0.5, 0.6) is 0 Å². The molecule has 11 heteroatoms. The molecule has 4 atom stereocenters.